The molecule has 0 bridgehead atoms. The van der Waals surface area contributed by atoms with Crippen LogP contribution in [0.1, 0.15) is 34.9 Å². The van der Waals surface area contributed by atoms with E-state index in [1.54, 1.807) is 18.3 Å². The van der Waals surface area contributed by atoms with Crippen LogP contribution in [0.4, 0.5) is 0 Å². The molecule has 0 radical (unpaired) electrons. The number of piperidine rings is 1. The van der Waals surface area contributed by atoms with Crippen molar-refractivity contribution in [1.82, 2.24) is 25.1 Å². The molecule has 3 heterocycles. The maximum absolute atomic E-state index is 12.6. The molecule has 1 unspecified atom stereocenters. The first-order valence-corrected chi connectivity index (χ1v) is 6.92. The Morgan fingerprint density at radius 1 is 1.48 bits per heavy atom. The molecule has 0 saturated carbocycles. The Bertz CT molecular complexity index is 614. The predicted molar refractivity (Wildman–Crippen MR) is 75.1 cm³/mol. The summed E-state index contributed by atoms with van der Waals surface area (Å²) < 4.78 is 5.07. The van der Waals surface area contributed by atoms with Crippen molar-refractivity contribution in [3.8, 4) is 5.88 Å². The van der Waals surface area contributed by atoms with E-state index < -0.39 is 0 Å². The highest BCUT2D eigenvalue weighted by atomic mass is 16.5. The van der Waals surface area contributed by atoms with Crippen LogP contribution < -0.4 is 4.74 Å². The third-order valence-corrected chi connectivity index (χ3v) is 3.72. The summed E-state index contributed by atoms with van der Waals surface area (Å²) in [6.07, 6.45) is 5.06. The minimum absolute atomic E-state index is 0.0000784. The number of ether oxygens (including phenoxy) is 1. The van der Waals surface area contributed by atoms with E-state index in [0.717, 1.165) is 25.2 Å². The molecule has 1 aliphatic heterocycles. The smallest absolute Gasteiger partial charge is 0.254 e. The van der Waals surface area contributed by atoms with Gasteiger partial charge < -0.3 is 9.64 Å². The number of nitrogens with one attached hydrogen (secondary N) is 1. The van der Waals surface area contributed by atoms with Gasteiger partial charge >= 0.3 is 0 Å². The third-order valence-electron chi connectivity index (χ3n) is 3.72. The zero-order chi connectivity index (χ0) is 14.7. The average Bonchev–Trinajstić information content (AvgIpc) is 3.09. The molecule has 7 nitrogen and oxygen atoms in total. The lowest BCUT2D eigenvalue weighted by molar-refractivity contribution is 0.0704. The van der Waals surface area contributed by atoms with E-state index >= 15 is 0 Å². The zero-order valence-corrected chi connectivity index (χ0v) is 11.8. The fraction of sp³-hybridized carbons (Fsp3) is 0.429. The van der Waals surface area contributed by atoms with E-state index in [1.165, 1.54) is 13.4 Å². The fourth-order valence-electron chi connectivity index (χ4n) is 2.63. The molecule has 7 heteroatoms. The molecule has 1 atom stereocenters. The number of H-pyrrole nitrogens is 1. The molecule has 3 rings (SSSR count). The number of methoxy groups -OCH3 is 1. The van der Waals surface area contributed by atoms with Gasteiger partial charge in [-0.15, -0.1) is 0 Å². The van der Waals surface area contributed by atoms with Gasteiger partial charge in [-0.05, 0) is 18.9 Å². The Labute approximate surface area is 122 Å². The lowest BCUT2D eigenvalue weighted by Gasteiger charge is -2.31. The van der Waals surface area contributed by atoms with Gasteiger partial charge in [-0.3, -0.25) is 9.89 Å². The zero-order valence-electron chi connectivity index (χ0n) is 11.8. The molecule has 1 amide bonds. The summed E-state index contributed by atoms with van der Waals surface area (Å²) in [5, 5.41) is 6.78. The number of likely N-dealkylation sites (tertiary alicyclic amines) is 1. The fourth-order valence-corrected chi connectivity index (χ4v) is 2.63. The Balaban J connectivity index is 1.74. The number of rotatable bonds is 3. The van der Waals surface area contributed by atoms with Crippen LogP contribution in [0.5, 0.6) is 5.88 Å². The van der Waals surface area contributed by atoms with Crippen LogP contribution in [0, 0.1) is 0 Å². The van der Waals surface area contributed by atoms with Gasteiger partial charge in [0.15, 0.2) is 0 Å². The van der Waals surface area contributed by atoms with Gasteiger partial charge in [0, 0.05) is 36.8 Å². The number of hydrogen-bond acceptors (Lipinski definition) is 5. The molecule has 1 aliphatic rings. The molecule has 2 aromatic rings. The van der Waals surface area contributed by atoms with Crippen molar-refractivity contribution in [2.75, 3.05) is 20.2 Å². The molecule has 0 aromatic carbocycles. The Hall–Kier alpha value is -2.44. The number of aromatic nitrogens is 4. The largest absolute Gasteiger partial charge is 0.481 e. The molecule has 0 aliphatic carbocycles. The SMILES string of the molecule is COc1cc(C(=O)N2CCCC(c3ncn[nH]3)C2)ccn1. The number of carbonyl (C=O) groups is 1. The molecule has 0 spiro atoms. The summed E-state index contributed by atoms with van der Waals surface area (Å²) in [5.74, 6) is 1.51. The van der Waals surface area contributed by atoms with Crippen molar-refractivity contribution in [3.05, 3.63) is 36.0 Å². The predicted octanol–water partition coefficient (Wildman–Crippen LogP) is 1.23. The number of nitrogens with zero attached hydrogens (tertiary/aromatic N) is 4. The van der Waals surface area contributed by atoms with Gasteiger partial charge in [0.25, 0.3) is 5.91 Å². The van der Waals surface area contributed by atoms with Crippen LogP contribution in [-0.2, 0) is 0 Å². The topological polar surface area (TPSA) is 84.0 Å². The normalized spacial score (nSPS) is 18.5. The number of hydrogen-bond donors (Lipinski definition) is 1. The van der Waals surface area contributed by atoms with E-state index in [-0.39, 0.29) is 11.8 Å². The maximum Gasteiger partial charge on any atom is 0.254 e. The van der Waals surface area contributed by atoms with Crippen molar-refractivity contribution in [2.45, 2.75) is 18.8 Å². The number of carbonyl (C=O) groups excluding carboxylic acids is 1. The molecular formula is C14H17N5O2. The van der Waals surface area contributed by atoms with Crippen LogP contribution in [0.25, 0.3) is 0 Å². The standard InChI is InChI=1S/C14H17N5O2/c1-21-12-7-10(4-5-15-12)14(20)19-6-2-3-11(8-19)13-16-9-17-18-13/h4-5,7,9,11H,2-3,6,8H2,1H3,(H,16,17,18). The first-order valence-electron chi connectivity index (χ1n) is 6.92. The molecule has 1 N–H and O–H groups in total. The summed E-state index contributed by atoms with van der Waals surface area (Å²) in [5.41, 5.74) is 0.597. The third kappa shape index (κ3) is 2.86. The summed E-state index contributed by atoms with van der Waals surface area (Å²) >= 11 is 0. The van der Waals surface area contributed by atoms with Crippen molar-refractivity contribution in [1.29, 1.82) is 0 Å². The number of aromatic amines is 1. The maximum atomic E-state index is 12.6. The molecule has 2 aromatic heterocycles. The summed E-state index contributed by atoms with van der Waals surface area (Å²) in [6.45, 7) is 1.41. The van der Waals surface area contributed by atoms with Crippen molar-refractivity contribution >= 4 is 5.91 Å². The van der Waals surface area contributed by atoms with Gasteiger partial charge in [0.2, 0.25) is 5.88 Å². The molecule has 21 heavy (non-hydrogen) atoms. The van der Waals surface area contributed by atoms with E-state index in [0.29, 0.717) is 18.0 Å². The minimum Gasteiger partial charge on any atom is -0.481 e. The highest BCUT2D eigenvalue weighted by Gasteiger charge is 2.27. The van der Waals surface area contributed by atoms with E-state index in [1.807, 2.05) is 4.90 Å². The quantitative estimate of drug-likeness (QED) is 0.917. The highest BCUT2D eigenvalue weighted by Crippen LogP contribution is 2.25. The number of pyridine rings is 1. The van der Waals surface area contributed by atoms with Gasteiger partial charge in [-0.25, -0.2) is 9.97 Å². The second kappa shape index (κ2) is 5.90. The van der Waals surface area contributed by atoms with Crippen molar-refractivity contribution in [2.24, 2.45) is 0 Å². The van der Waals surface area contributed by atoms with Crippen molar-refractivity contribution in [3.63, 3.8) is 0 Å². The monoisotopic (exact) mass is 287 g/mol. The molecule has 1 saturated heterocycles. The summed E-state index contributed by atoms with van der Waals surface area (Å²) in [4.78, 5) is 22.7. The van der Waals surface area contributed by atoms with Crippen LogP contribution in [0.3, 0.4) is 0 Å². The van der Waals surface area contributed by atoms with Gasteiger partial charge in [-0.1, -0.05) is 0 Å². The Morgan fingerprint density at radius 2 is 2.38 bits per heavy atom. The number of amides is 1. The van der Waals surface area contributed by atoms with Crippen molar-refractivity contribution < 1.29 is 9.53 Å². The molecule has 1 fully saturated rings. The molecular weight excluding hydrogens is 270 g/mol. The Morgan fingerprint density at radius 3 is 3.14 bits per heavy atom. The van der Waals surface area contributed by atoms with Gasteiger partial charge in [-0.2, -0.15) is 5.10 Å². The van der Waals surface area contributed by atoms with E-state index in [4.69, 9.17) is 4.74 Å². The minimum atomic E-state index is -0.0000784. The average molecular weight is 287 g/mol. The summed E-state index contributed by atoms with van der Waals surface area (Å²) in [6, 6.07) is 3.38. The van der Waals surface area contributed by atoms with Crippen LogP contribution in [0.15, 0.2) is 24.7 Å². The van der Waals surface area contributed by atoms with Crippen LogP contribution in [0.2, 0.25) is 0 Å². The second-order valence-electron chi connectivity index (χ2n) is 5.05. The first-order chi connectivity index (χ1) is 10.3. The Kier molecular flexibility index (Phi) is 3.81. The van der Waals surface area contributed by atoms with Crippen LogP contribution >= 0.6 is 0 Å². The lowest BCUT2D eigenvalue weighted by Crippen LogP contribution is -2.39. The second-order valence-corrected chi connectivity index (χ2v) is 5.05. The van der Waals surface area contributed by atoms with E-state index in [2.05, 4.69) is 20.2 Å². The first kappa shape index (κ1) is 13.5. The highest BCUT2D eigenvalue weighted by molar-refractivity contribution is 5.94. The van der Waals surface area contributed by atoms with Gasteiger partial charge in [0.1, 0.15) is 12.2 Å². The lowest BCUT2D eigenvalue weighted by atomic mass is 9.97. The summed E-state index contributed by atoms with van der Waals surface area (Å²) in [7, 11) is 1.54. The molecule has 110 valence electrons. The van der Waals surface area contributed by atoms with Crippen LogP contribution in [-0.4, -0.2) is 51.2 Å². The van der Waals surface area contributed by atoms with E-state index in [9.17, 15) is 4.79 Å². The van der Waals surface area contributed by atoms with Gasteiger partial charge in [0.05, 0.1) is 7.11 Å².